The summed E-state index contributed by atoms with van der Waals surface area (Å²) >= 11 is 0. The van der Waals surface area contributed by atoms with E-state index >= 15 is 0 Å². The van der Waals surface area contributed by atoms with Gasteiger partial charge in [0.1, 0.15) is 0 Å². The lowest BCUT2D eigenvalue weighted by molar-refractivity contribution is 0.232. The predicted octanol–water partition coefficient (Wildman–Crippen LogP) is 2.42. The van der Waals surface area contributed by atoms with Gasteiger partial charge in [-0.2, -0.15) is 0 Å². The maximum atomic E-state index is 11.5. The van der Waals surface area contributed by atoms with Gasteiger partial charge in [-0.15, -0.1) is 0 Å². The third-order valence-corrected chi connectivity index (χ3v) is 5.51. The van der Waals surface area contributed by atoms with Crippen molar-refractivity contribution in [3.63, 3.8) is 0 Å². The van der Waals surface area contributed by atoms with E-state index in [1.807, 2.05) is 12.1 Å². The van der Waals surface area contributed by atoms with E-state index in [4.69, 9.17) is 5.84 Å². The normalized spacial score (nSPS) is 25.4. The van der Waals surface area contributed by atoms with E-state index in [0.29, 0.717) is 10.8 Å². The summed E-state index contributed by atoms with van der Waals surface area (Å²) in [7, 11) is -3.14. The Labute approximate surface area is 121 Å². The van der Waals surface area contributed by atoms with Gasteiger partial charge in [0.15, 0.2) is 9.84 Å². The van der Waals surface area contributed by atoms with E-state index in [2.05, 4.69) is 12.3 Å². The lowest BCUT2D eigenvalue weighted by atomic mass is 9.77. The SMILES string of the molecule is CC1CCC(C(NN)c2ccc(S(C)(=O)=O)cc2)CC1. The second kappa shape index (κ2) is 6.24. The van der Waals surface area contributed by atoms with Crippen molar-refractivity contribution < 1.29 is 8.42 Å². The Morgan fingerprint density at radius 3 is 2.15 bits per heavy atom. The van der Waals surface area contributed by atoms with Crippen molar-refractivity contribution in [1.82, 2.24) is 5.43 Å². The largest absolute Gasteiger partial charge is 0.271 e. The quantitative estimate of drug-likeness (QED) is 0.661. The van der Waals surface area contributed by atoms with Gasteiger partial charge >= 0.3 is 0 Å². The van der Waals surface area contributed by atoms with Crippen molar-refractivity contribution >= 4 is 9.84 Å². The van der Waals surface area contributed by atoms with Crippen LogP contribution in [0.2, 0.25) is 0 Å². The van der Waals surface area contributed by atoms with Gasteiger partial charge in [0.25, 0.3) is 0 Å². The van der Waals surface area contributed by atoms with Crippen molar-refractivity contribution in [1.29, 1.82) is 0 Å². The minimum absolute atomic E-state index is 0.108. The first-order valence-corrected chi connectivity index (χ1v) is 9.07. The average molecular weight is 296 g/mol. The zero-order chi connectivity index (χ0) is 14.8. The first kappa shape index (κ1) is 15.5. The van der Waals surface area contributed by atoms with Crippen LogP contribution < -0.4 is 11.3 Å². The Kier molecular flexibility index (Phi) is 4.83. The van der Waals surface area contributed by atoms with Gasteiger partial charge in [-0.1, -0.05) is 31.9 Å². The highest BCUT2D eigenvalue weighted by Gasteiger charge is 2.26. The number of hydrogen-bond donors (Lipinski definition) is 2. The van der Waals surface area contributed by atoms with Crippen LogP contribution in [0.4, 0.5) is 0 Å². The molecule has 0 amide bonds. The van der Waals surface area contributed by atoms with E-state index in [9.17, 15) is 8.42 Å². The van der Waals surface area contributed by atoms with Gasteiger partial charge in [0.05, 0.1) is 4.90 Å². The second-order valence-corrected chi connectivity index (χ2v) is 8.02. The van der Waals surface area contributed by atoms with E-state index in [1.165, 1.54) is 31.9 Å². The summed E-state index contributed by atoms with van der Waals surface area (Å²) in [4.78, 5) is 0.356. The molecule has 112 valence electrons. The number of benzene rings is 1. The Balaban J connectivity index is 2.15. The third-order valence-electron chi connectivity index (χ3n) is 4.38. The summed E-state index contributed by atoms with van der Waals surface area (Å²) in [6.45, 7) is 2.29. The second-order valence-electron chi connectivity index (χ2n) is 6.01. The van der Waals surface area contributed by atoms with Crippen LogP contribution in [0.1, 0.15) is 44.2 Å². The molecular weight excluding hydrogens is 272 g/mol. The number of rotatable bonds is 4. The molecule has 1 saturated carbocycles. The molecule has 0 aromatic heterocycles. The number of nitrogens with two attached hydrogens (primary N) is 1. The van der Waals surface area contributed by atoms with Crippen molar-refractivity contribution in [2.24, 2.45) is 17.7 Å². The van der Waals surface area contributed by atoms with Crippen LogP contribution in [-0.2, 0) is 9.84 Å². The zero-order valence-electron chi connectivity index (χ0n) is 12.2. The molecule has 0 spiro atoms. The third kappa shape index (κ3) is 3.59. The lowest BCUT2D eigenvalue weighted by Crippen LogP contribution is -2.35. The highest BCUT2D eigenvalue weighted by atomic mass is 32.2. The summed E-state index contributed by atoms with van der Waals surface area (Å²) in [5, 5.41) is 0. The average Bonchev–Trinajstić information content (AvgIpc) is 2.41. The van der Waals surface area contributed by atoms with Crippen LogP contribution in [0.15, 0.2) is 29.2 Å². The van der Waals surface area contributed by atoms with E-state index < -0.39 is 9.84 Å². The Hall–Kier alpha value is -0.910. The van der Waals surface area contributed by atoms with Crippen LogP contribution in [0.5, 0.6) is 0 Å². The Bertz CT molecular complexity index is 531. The Morgan fingerprint density at radius 2 is 1.70 bits per heavy atom. The Morgan fingerprint density at radius 1 is 1.15 bits per heavy atom. The molecule has 4 nitrogen and oxygen atoms in total. The fourth-order valence-corrected chi connectivity index (χ4v) is 3.68. The zero-order valence-corrected chi connectivity index (χ0v) is 13.0. The first-order valence-electron chi connectivity index (χ1n) is 7.18. The molecule has 1 atom stereocenters. The molecule has 1 unspecified atom stereocenters. The van der Waals surface area contributed by atoms with E-state index in [-0.39, 0.29) is 6.04 Å². The number of nitrogens with one attached hydrogen (secondary N) is 1. The number of hydrazine groups is 1. The molecule has 3 N–H and O–H groups in total. The number of hydrogen-bond acceptors (Lipinski definition) is 4. The monoisotopic (exact) mass is 296 g/mol. The van der Waals surface area contributed by atoms with Crippen molar-refractivity contribution in [2.75, 3.05) is 6.26 Å². The molecule has 0 radical (unpaired) electrons. The summed E-state index contributed by atoms with van der Waals surface area (Å²) in [6.07, 6.45) is 6.05. The smallest absolute Gasteiger partial charge is 0.175 e. The maximum absolute atomic E-state index is 11.5. The fourth-order valence-electron chi connectivity index (χ4n) is 3.05. The van der Waals surface area contributed by atoms with Gasteiger partial charge in [0.2, 0.25) is 0 Å². The number of sulfone groups is 1. The molecule has 1 aromatic carbocycles. The fraction of sp³-hybridized carbons (Fsp3) is 0.600. The topological polar surface area (TPSA) is 72.2 Å². The van der Waals surface area contributed by atoms with Crippen molar-refractivity contribution in [3.8, 4) is 0 Å². The molecule has 0 aliphatic heterocycles. The van der Waals surface area contributed by atoms with Gasteiger partial charge < -0.3 is 0 Å². The summed E-state index contributed by atoms with van der Waals surface area (Å²) in [5.41, 5.74) is 3.98. The van der Waals surface area contributed by atoms with Crippen LogP contribution >= 0.6 is 0 Å². The first-order chi connectivity index (χ1) is 9.41. The summed E-state index contributed by atoms with van der Waals surface area (Å²) < 4.78 is 23.0. The molecule has 1 aliphatic carbocycles. The minimum Gasteiger partial charge on any atom is -0.271 e. The molecule has 5 heteroatoms. The van der Waals surface area contributed by atoms with Crippen LogP contribution in [0.3, 0.4) is 0 Å². The van der Waals surface area contributed by atoms with Crippen molar-refractivity contribution in [3.05, 3.63) is 29.8 Å². The maximum Gasteiger partial charge on any atom is 0.175 e. The van der Waals surface area contributed by atoms with Crippen LogP contribution in [0.25, 0.3) is 0 Å². The van der Waals surface area contributed by atoms with E-state index in [0.717, 1.165) is 11.5 Å². The van der Waals surface area contributed by atoms with Gasteiger partial charge in [-0.3, -0.25) is 11.3 Å². The molecule has 0 heterocycles. The van der Waals surface area contributed by atoms with Gasteiger partial charge in [-0.25, -0.2) is 8.42 Å². The standard InChI is InChI=1S/C15H24N2O2S/c1-11-3-5-12(6-4-11)15(17-16)13-7-9-14(10-8-13)20(2,18)19/h7-12,15,17H,3-6,16H2,1-2H3. The molecule has 0 saturated heterocycles. The molecular formula is C15H24N2O2S. The predicted molar refractivity (Wildman–Crippen MR) is 80.7 cm³/mol. The van der Waals surface area contributed by atoms with E-state index in [1.54, 1.807) is 12.1 Å². The molecule has 1 aromatic rings. The summed E-state index contributed by atoms with van der Waals surface area (Å²) in [5.74, 6) is 7.06. The molecule has 1 fully saturated rings. The van der Waals surface area contributed by atoms with Crippen molar-refractivity contribution in [2.45, 2.75) is 43.5 Å². The van der Waals surface area contributed by atoms with Gasteiger partial charge in [0, 0.05) is 12.3 Å². The molecule has 1 aliphatic rings. The lowest BCUT2D eigenvalue weighted by Gasteiger charge is -2.32. The molecule has 0 bridgehead atoms. The van der Waals surface area contributed by atoms with Crippen LogP contribution in [0, 0.1) is 11.8 Å². The minimum atomic E-state index is -3.14. The van der Waals surface area contributed by atoms with Crippen LogP contribution in [-0.4, -0.2) is 14.7 Å². The van der Waals surface area contributed by atoms with Gasteiger partial charge in [-0.05, 0) is 42.4 Å². The molecule has 2 rings (SSSR count). The molecule has 20 heavy (non-hydrogen) atoms. The highest BCUT2D eigenvalue weighted by molar-refractivity contribution is 7.90. The summed E-state index contributed by atoms with van der Waals surface area (Å²) in [6, 6.07) is 7.19. The highest BCUT2D eigenvalue weighted by Crippen LogP contribution is 2.36.